The molecule has 0 amide bonds. The summed E-state index contributed by atoms with van der Waals surface area (Å²) in [5.41, 5.74) is 0.332. The van der Waals surface area contributed by atoms with Crippen LogP contribution in [0.1, 0.15) is 6.42 Å². The first-order valence-electron chi connectivity index (χ1n) is 10.4. The van der Waals surface area contributed by atoms with Crippen molar-refractivity contribution in [3.05, 3.63) is 64.2 Å². The van der Waals surface area contributed by atoms with Crippen LogP contribution < -0.4 is 18.9 Å². The van der Waals surface area contributed by atoms with E-state index in [0.717, 1.165) is 19.5 Å². The van der Waals surface area contributed by atoms with Crippen LogP contribution in [0.25, 0.3) is 0 Å². The third-order valence-corrected chi connectivity index (χ3v) is 7.40. The third-order valence-electron chi connectivity index (χ3n) is 5.17. The molecule has 2 aromatic carbocycles. The molecule has 0 unspecified atom stereocenters. The van der Waals surface area contributed by atoms with E-state index >= 15 is 0 Å². The largest absolute Gasteiger partial charge is 0.497 e. The van der Waals surface area contributed by atoms with Crippen LogP contribution in [-0.2, 0) is 10.0 Å². The number of aromatic nitrogens is 1. The zero-order chi connectivity index (χ0) is 24.3. The highest BCUT2D eigenvalue weighted by Crippen LogP contribution is 2.33. The Morgan fingerprint density at radius 1 is 1.18 bits per heavy atom. The van der Waals surface area contributed by atoms with Gasteiger partial charge >= 0.3 is 0 Å². The predicted molar refractivity (Wildman–Crippen MR) is 134 cm³/mol. The maximum absolute atomic E-state index is 13.0. The highest BCUT2D eigenvalue weighted by Gasteiger charge is 2.23. The van der Waals surface area contributed by atoms with Crippen LogP contribution in [0.5, 0.6) is 23.1 Å². The fourth-order valence-corrected chi connectivity index (χ4v) is 5.21. The number of nitrogens with zero attached hydrogens (tertiary/aromatic N) is 2. The van der Waals surface area contributed by atoms with Crippen molar-refractivity contribution in [3.63, 3.8) is 0 Å². The van der Waals surface area contributed by atoms with Gasteiger partial charge in [-0.1, -0.05) is 17.7 Å². The minimum atomic E-state index is -3.93. The topological polar surface area (TPSA) is 90.0 Å². The molecule has 34 heavy (non-hydrogen) atoms. The number of ether oxygens (including phenoxy) is 3. The molecule has 1 atom stereocenters. The molecule has 4 rings (SSSR count). The van der Waals surface area contributed by atoms with E-state index in [9.17, 15) is 8.42 Å². The number of likely N-dealkylation sites (N-methyl/N-ethyl adjacent to an activating group) is 1. The molecule has 0 aliphatic carbocycles. The van der Waals surface area contributed by atoms with Crippen LogP contribution in [0.3, 0.4) is 0 Å². The number of hydrogen-bond donors (Lipinski definition) is 1. The molecule has 3 aromatic rings. The molecule has 1 N–H and O–H groups in total. The number of anilines is 1. The summed E-state index contributed by atoms with van der Waals surface area (Å²) in [6.45, 7) is 1.73. The SMILES string of the molecule is COc1cccc(Oc2ncc(S(=O)(=O)Nc3ccc(Cl)c(O[C@@H]4CCN(C)C4)c3)cc2Br)c1. The summed E-state index contributed by atoms with van der Waals surface area (Å²) in [5.74, 6) is 1.78. The second-order valence-electron chi connectivity index (χ2n) is 7.78. The summed E-state index contributed by atoms with van der Waals surface area (Å²) in [6, 6.07) is 13.2. The zero-order valence-corrected chi connectivity index (χ0v) is 21.7. The number of likely N-dealkylation sites (tertiary alicyclic amines) is 1. The molecule has 2 heterocycles. The van der Waals surface area contributed by atoms with Crippen molar-refractivity contribution >= 4 is 43.2 Å². The lowest BCUT2D eigenvalue weighted by Crippen LogP contribution is -2.21. The molecule has 1 aliphatic heterocycles. The van der Waals surface area contributed by atoms with E-state index < -0.39 is 10.0 Å². The minimum Gasteiger partial charge on any atom is -0.497 e. The molecule has 11 heteroatoms. The molecule has 1 aliphatic rings. The summed E-state index contributed by atoms with van der Waals surface area (Å²) < 4.78 is 45.8. The average Bonchev–Trinajstić information content (AvgIpc) is 3.22. The first kappa shape index (κ1) is 24.6. The molecule has 0 radical (unpaired) electrons. The predicted octanol–water partition coefficient (Wildman–Crippen LogP) is 5.18. The number of hydrogen-bond acceptors (Lipinski definition) is 7. The van der Waals surface area contributed by atoms with E-state index in [2.05, 4.69) is 30.5 Å². The number of methoxy groups -OCH3 is 1. The normalized spacial score (nSPS) is 16.3. The van der Waals surface area contributed by atoms with Gasteiger partial charge in [0.2, 0.25) is 5.88 Å². The number of halogens is 2. The lowest BCUT2D eigenvalue weighted by atomic mass is 10.3. The number of pyridine rings is 1. The molecule has 0 bridgehead atoms. The lowest BCUT2D eigenvalue weighted by molar-refractivity contribution is 0.208. The quantitative estimate of drug-likeness (QED) is 0.400. The van der Waals surface area contributed by atoms with Crippen LogP contribution in [0, 0.1) is 0 Å². The fraction of sp³-hybridized carbons (Fsp3) is 0.261. The van der Waals surface area contributed by atoms with Gasteiger partial charge in [0.15, 0.2) is 0 Å². The third kappa shape index (κ3) is 5.93. The van der Waals surface area contributed by atoms with Gasteiger partial charge < -0.3 is 19.1 Å². The second kappa shape index (κ2) is 10.4. The van der Waals surface area contributed by atoms with E-state index in [1.807, 2.05) is 7.05 Å². The minimum absolute atomic E-state index is 0.00615. The number of sulfonamides is 1. The summed E-state index contributed by atoms with van der Waals surface area (Å²) in [5, 5.41) is 0.418. The average molecular weight is 569 g/mol. The van der Waals surface area contributed by atoms with Crippen LogP contribution in [0.15, 0.2) is 64.1 Å². The summed E-state index contributed by atoms with van der Waals surface area (Å²) in [4.78, 5) is 6.29. The summed E-state index contributed by atoms with van der Waals surface area (Å²) in [6.07, 6.45) is 2.11. The van der Waals surface area contributed by atoms with Gasteiger partial charge in [-0.15, -0.1) is 0 Å². The molecule has 8 nitrogen and oxygen atoms in total. The molecule has 180 valence electrons. The van der Waals surface area contributed by atoms with Gasteiger partial charge in [-0.3, -0.25) is 4.72 Å². The Balaban J connectivity index is 1.50. The Bertz CT molecular complexity index is 1290. The highest BCUT2D eigenvalue weighted by atomic mass is 79.9. The van der Waals surface area contributed by atoms with Gasteiger partial charge in [0, 0.05) is 25.2 Å². The van der Waals surface area contributed by atoms with Crippen LogP contribution >= 0.6 is 27.5 Å². The smallest absolute Gasteiger partial charge is 0.263 e. The Labute approximate surface area is 212 Å². The maximum Gasteiger partial charge on any atom is 0.263 e. The van der Waals surface area contributed by atoms with Gasteiger partial charge in [0.1, 0.15) is 28.2 Å². The second-order valence-corrected chi connectivity index (χ2v) is 10.7. The Morgan fingerprint density at radius 2 is 1.97 bits per heavy atom. The van der Waals surface area contributed by atoms with Crippen molar-refractivity contribution in [2.45, 2.75) is 17.4 Å². The maximum atomic E-state index is 13.0. The first-order chi connectivity index (χ1) is 16.2. The fourth-order valence-electron chi connectivity index (χ4n) is 3.45. The highest BCUT2D eigenvalue weighted by molar-refractivity contribution is 9.10. The molecule has 0 spiro atoms. The van der Waals surface area contributed by atoms with Crippen molar-refractivity contribution in [1.82, 2.24) is 9.88 Å². The van der Waals surface area contributed by atoms with Gasteiger partial charge in [0.25, 0.3) is 10.0 Å². The van der Waals surface area contributed by atoms with Crippen molar-refractivity contribution < 1.29 is 22.6 Å². The van der Waals surface area contributed by atoms with E-state index in [1.165, 1.54) is 12.3 Å². The van der Waals surface area contributed by atoms with E-state index in [4.69, 9.17) is 25.8 Å². The van der Waals surface area contributed by atoms with Crippen molar-refractivity contribution in [1.29, 1.82) is 0 Å². The standard InChI is InChI=1S/C23H23BrClN3O5S/c1-28-9-8-18(14-28)32-22-10-15(6-7-21(22)25)27-34(29,30)19-12-20(24)23(26-13-19)33-17-5-3-4-16(11-17)31-2/h3-7,10-13,18,27H,8-9,14H2,1-2H3/t18-/m1/s1. The molecular formula is C23H23BrClN3O5S. The summed E-state index contributed by atoms with van der Waals surface area (Å²) >= 11 is 9.61. The number of benzene rings is 2. The first-order valence-corrected chi connectivity index (χ1v) is 13.0. The monoisotopic (exact) mass is 567 g/mol. The van der Waals surface area contributed by atoms with Gasteiger partial charge in [-0.2, -0.15) is 0 Å². The number of rotatable bonds is 8. The van der Waals surface area contributed by atoms with E-state index in [-0.39, 0.29) is 16.9 Å². The van der Waals surface area contributed by atoms with E-state index in [0.29, 0.717) is 32.4 Å². The van der Waals surface area contributed by atoms with Crippen molar-refractivity contribution in [3.8, 4) is 23.1 Å². The number of nitrogens with one attached hydrogen (secondary N) is 1. The lowest BCUT2D eigenvalue weighted by Gasteiger charge is -2.16. The summed E-state index contributed by atoms with van der Waals surface area (Å²) in [7, 11) is -0.346. The zero-order valence-electron chi connectivity index (χ0n) is 18.5. The van der Waals surface area contributed by atoms with Crippen molar-refractivity contribution in [2.75, 3.05) is 32.0 Å². The molecule has 0 saturated carbocycles. The molecule has 1 saturated heterocycles. The molecule has 1 aromatic heterocycles. The van der Waals surface area contributed by atoms with Crippen LogP contribution in [-0.4, -0.2) is 51.7 Å². The van der Waals surface area contributed by atoms with Crippen LogP contribution in [0.4, 0.5) is 5.69 Å². The van der Waals surface area contributed by atoms with Crippen LogP contribution in [0.2, 0.25) is 5.02 Å². The van der Waals surface area contributed by atoms with E-state index in [1.54, 1.807) is 49.6 Å². The van der Waals surface area contributed by atoms with Gasteiger partial charge in [0.05, 0.1) is 28.5 Å². The van der Waals surface area contributed by atoms with Crippen molar-refractivity contribution in [2.24, 2.45) is 0 Å². The van der Waals surface area contributed by atoms with Gasteiger partial charge in [-0.25, -0.2) is 13.4 Å². The molecular weight excluding hydrogens is 546 g/mol. The molecule has 1 fully saturated rings. The Hall–Kier alpha value is -2.53. The Kier molecular flexibility index (Phi) is 7.51. The Morgan fingerprint density at radius 3 is 2.68 bits per heavy atom. The van der Waals surface area contributed by atoms with Gasteiger partial charge in [-0.05, 0) is 59.7 Å².